The van der Waals surface area contributed by atoms with E-state index in [0.717, 1.165) is 17.1 Å². The molecule has 0 radical (unpaired) electrons. The van der Waals surface area contributed by atoms with Crippen molar-refractivity contribution in [2.45, 2.75) is 13.0 Å². The highest BCUT2D eigenvalue weighted by atomic mass is 32.1. The zero-order valence-corrected chi connectivity index (χ0v) is 8.83. The van der Waals surface area contributed by atoms with E-state index in [9.17, 15) is 9.50 Å². The lowest BCUT2D eigenvalue weighted by Crippen LogP contribution is -2.00. The molecule has 78 valence electrons. The van der Waals surface area contributed by atoms with Crippen LogP contribution in [0.3, 0.4) is 0 Å². The number of aliphatic hydroxyl groups excluding tert-OH is 1. The average Bonchev–Trinajstić information content (AvgIpc) is 2.69. The maximum Gasteiger partial charge on any atom is 0.123 e. The molecule has 2 rings (SSSR count). The molecule has 1 N–H and O–H groups in total. The Labute approximate surface area is 90.4 Å². The summed E-state index contributed by atoms with van der Waals surface area (Å²) in [7, 11) is 0. The first kappa shape index (κ1) is 10.2. The molecule has 1 unspecified atom stereocenters. The van der Waals surface area contributed by atoms with Gasteiger partial charge in [-0.15, -0.1) is 5.10 Å². The third-order valence-corrected chi connectivity index (χ3v) is 2.89. The molecule has 0 fully saturated rings. The highest BCUT2D eigenvalue weighted by Crippen LogP contribution is 2.26. The van der Waals surface area contributed by atoms with Crippen molar-refractivity contribution in [1.29, 1.82) is 0 Å². The maximum absolute atomic E-state index is 12.8. The van der Waals surface area contributed by atoms with Crippen LogP contribution in [0.1, 0.15) is 22.1 Å². The van der Waals surface area contributed by atoms with Gasteiger partial charge in [0.1, 0.15) is 11.9 Å². The summed E-state index contributed by atoms with van der Waals surface area (Å²) >= 11 is 1.13. The van der Waals surface area contributed by atoms with E-state index < -0.39 is 6.10 Å². The molecule has 0 aliphatic heterocycles. The van der Waals surface area contributed by atoms with E-state index in [1.54, 1.807) is 13.0 Å². The van der Waals surface area contributed by atoms with Crippen LogP contribution in [0.5, 0.6) is 0 Å². The Morgan fingerprint density at radius 3 is 2.87 bits per heavy atom. The number of rotatable bonds is 2. The Morgan fingerprint density at radius 2 is 2.27 bits per heavy atom. The molecule has 1 atom stereocenters. The topological polar surface area (TPSA) is 46.0 Å². The van der Waals surface area contributed by atoms with Gasteiger partial charge in [-0.05, 0) is 41.7 Å². The molecule has 0 amide bonds. The van der Waals surface area contributed by atoms with Gasteiger partial charge in [-0.2, -0.15) is 0 Å². The lowest BCUT2D eigenvalue weighted by Gasteiger charge is -2.10. The Bertz CT molecular complexity index is 458. The van der Waals surface area contributed by atoms with E-state index >= 15 is 0 Å². The molecule has 0 saturated heterocycles. The van der Waals surface area contributed by atoms with Crippen molar-refractivity contribution in [3.63, 3.8) is 0 Å². The van der Waals surface area contributed by atoms with Crippen molar-refractivity contribution in [1.82, 2.24) is 9.59 Å². The van der Waals surface area contributed by atoms with Gasteiger partial charge in [0, 0.05) is 0 Å². The number of halogens is 1. The second-order valence-corrected chi connectivity index (χ2v) is 4.04. The molecule has 0 saturated carbocycles. The summed E-state index contributed by atoms with van der Waals surface area (Å²) in [6.45, 7) is 1.76. The van der Waals surface area contributed by atoms with E-state index in [1.807, 2.05) is 0 Å². The van der Waals surface area contributed by atoms with E-state index in [-0.39, 0.29) is 5.82 Å². The highest BCUT2D eigenvalue weighted by molar-refractivity contribution is 7.05. The Kier molecular flexibility index (Phi) is 2.75. The fourth-order valence-corrected chi connectivity index (χ4v) is 1.90. The summed E-state index contributed by atoms with van der Waals surface area (Å²) in [5.41, 5.74) is 1.40. The smallest absolute Gasteiger partial charge is 0.123 e. The summed E-state index contributed by atoms with van der Waals surface area (Å²) in [4.78, 5) is 0.657. The minimum atomic E-state index is -0.773. The zero-order valence-electron chi connectivity index (χ0n) is 8.01. The minimum absolute atomic E-state index is 0.300. The average molecular weight is 224 g/mol. The van der Waals surface area contributed by atoms with Crippen LogP contribution in [0.2, 0.25) is 0 Å². The Hall–Kier alpha value is -1.33. The maximum atomic E-state index is 12.8. The molecule has 5 heteroatoms. The van der Waals surface area contributed by atoms with Crippen LogP contribution in [0.15, 0.2) is 24.4 Å². The second-order valence-electron chi connectivity index (χ2n) is 3.22. The second kappa shape index (κ2) is 4.04. The van der Waals surface area contributed by atoms with Crippen LogP contribution >= 0.6 is 11.5 Å². The normalized spacial score (nSPS) is 12.7. The van der Waals surface area contributed by atoms with Crippen LogP contribution in [-0.2, 0) is 0 Å². The van der Waals surface area contributed by atoms with Crippen molar-refractivity contribution in [3.8, 4) is 0 Å². The molecule has 1 aromatic carbocycles. The summed E-state index contributed by atoms with van der Waals surface area (Å²) in [6, 6.07) is 4.31. The molecule has 0 spiro atoms. The minimum Gasteiger partial charge on any atom is -0.383 e. The predicted octanol–water partition coefficient (Wildman–Crippen LogP) is 2.07. The van der Waals surface area contributed by atoms with Gasteiger partial charge < -0.3 is 5.11 Å². The van der Waals surface area contributed by atoms with Gasteiger partial charge in [-0.25, -0.2) is 4.39 Å². The van der Waals surface area contributed by atoms with E-state index in [0.29, 0.717) is 10.4 Å². The van der Waals surface area contributed by atoms with Crippen LogP contribution in [0.25, 0.3) is 0 Å². The number of benzene rings is 1. The van der Waals surface area contributed by atoms with Gasteiger partial charge in [0.15, 0.2) is 0 Å². The number of aliphatic hydroxyl groups is 1. The highest BCUT2D eigenvalue weighted by Gasteiger charge is 2.15. The van der Waals surface area contributed by atoms with Crippen LogP contribution in [-0.4, -0.2) is 14.7 Å². The monoisotopic (exact) mass is 224 g/mol. The number of nitrogens with zero attached hydrogens (tertiary/aromatic N) is 2. The molecular formula is C10H9FN2OS. The Morgan fingerprint density at radius 1 is 1.47 bits per heavy atom. The van der Waals surface area contributed by atoms with Crippen LogP contribution < -0.4 is 0 Å². The van der Waals surface area contributed by atoms with Gasteiger partial charge in [-0.1, -0.05) is 10.6 Å². The van der Waals surface area contributed by atoms with Gasteiger partial charge in [-0.3, -0.25) is 0 Å². The lowest BCUT2D eigenvalue weighted by molar-refractivity contribution is 0.223. The van der Waals surface area contributed by atoms with Gasteiger partial charge >= 0.3 is 0 Å². The molecule has 0 bridgehead atoms. The molecule has 0 aliphatic rings. The van der Waals surface area contributed by atoms with Gasteiger partial charge in [0.25, 0.3) is 0 Å². The molecular weight excluding hydrogens is 215 g/mol. The summed E-state index contributed by atoms with van der Waals surface area (Å²) in [5.74, 6) is -0.300. The van der Waals surface area contributed by atoms with Crippen LogP contribution in [0.4, 0.5) is 4.39 Å². The first-order valence-corrected chi connectivity index (χ1v) is 5.17. The predicted molar refractivity (Wildman–Crippen MR) is 55.1 cm³/mol. The standard InChI is InChI=1S/C10H9FN2OS/c1-6-4-7(11)2-3-8(6)10(14)9-5-12-13-15-9/h2-5,10,14H,1H3. The third-order valence-electron chi connectivity index (χ3n) is 2.17. The first-order chi connectivity index (χ1) is 7.18. The number of aromatic nitrogens is 2. The molecule has 15 heavy (non-hydrogen) atoms. The fourth-order valence-electron chi connectivity index (χ4n) is 1.39. The quantitative estimate of drug-likeness (QED) is 0.849. The van der Waals surface area contributed by atoms with Crippen molar-refractivity contribution < 1.29 is 9.50 Å². The van der Waals surface area contributed by atoms with Crippen LogP contribution in [0, 0.1) is 12.7 Å². The van der Waals surface area contributed by atoms with Crippen molar-refractivity contribution in [2.75, 3.05) is 0 Å². The van der Waals surface area contributed by atoms with E-state index in [2.05, 4.69) is 9.59 Å². The molecule has 1 heterocycles. The number of hydrogen-bond acceptors (Lipinski definition) is 4. The number of hydrogen-bond donors (Lipinski definition) is 1. The summed E-state index contributed by atoms with van der Waals surface area (Å²) < 4.78 is 16.5. The van der Waals surface area contributed by atoms with Gasteiger partial charge in [0.2, 0.25) is 0 Å². The van der Waals surface area contributed by atoms with E-state index in [4.69, 9.17) is 0 Å². The number of aryl methyl sites for hydroxylation is 1. The van der Waals surface area contributed by atoms with E-state index in [1.165, 1.54) is 18.3 Å². The van der Waals surface area contributed by atoms with Gasteiger partial charge in [0.05, 0.1) is 11.1 Å². The largest absolute Gasteiger partial charge is 0.383 e. The van der Waals surface area contributed by atoms with Crippen molar-refractivity contribution in [2.24, 2.45) is 0 Å². The third kappa shape index (κ3) is 2.03. The molecule has 0 aliphatic carbocycles. The zero-order chi connectivity index (χ0) is 10.8. The van der Waals surface area contributed by atoms with Crippen molar-refractivity contribution in [3.05, 3.63) is 46.2 Å². The first-order valence-electron chi connectivity index (χ1n) is 4.40. The fraction of sp³-hybridized carbons (Fsp3) is 0.200. The van der Waals surface area contributed by atoms with Crippen molar-refractivity contribution >= 4 is 11.5 Å². The summed E-state index contributed by atoms with van der Waals surface area (Å²) in [6.07, 6.45) is 0.739. The molecule has 1 aromatic heterocycles. The Balaban J connectivity index is 2.38. The summed E-state index contributed by atoms with van der Waals surface area (Å²) in [5, 5.41) is 13.6. The SMILES string of the molecule is Cc1cc(F)ccc1C(O)c1cnns1. The molecule has 2 aromatic rings. The molecule has 3 nitrogen and oxygen atoms in total. The lowest BCUT2D eigenvalue weighted by atomic mass is 10.0.